The molecule has 0 fully saturated rings. The van der Waals surface area contributed by atoms with E-state index < -0.39 is 0 Å². The smallest absolute Gasteiger partial charge is 0.269 e. The first kappa shape index (κ1) is 15.1. The first-order valence-electron chi connectivity index (χ1n) is 7.35. The molecular formula is C18H22N2O. The van der Waals surface area contributed by atoms with E-state index in [1.807, 2.05) is 36.4 Å². The predicted octanol–water partition coefficient (Wildman–Crippen LogP) is 4.13. The van der Waals surface area contributed by atoms with E-state index in [1.54, 1.807) is 0 Å². The topological polar surface area (TPSA) is 41.1 Å². The Morgan fingerprint density at radius 1 is 1.00 bits per heavy atom. The molecule has 3 heteroatoms. The lowest BCUT2D eigenvalue weighted by atomic mass is 10.0. The molecule has 0 aliphatic heterocycles. The highest BCUT2D eigenvalue weighted by molar-refractivity contribution is 5.94. The molecule has 2 N–H and O–H groups in total. The molecule has 2 aromatic carbocycles. The zero-order valence-electron chi connectivity index (χ0n) is 12.8. The number of aryl methyl sites for hydroxylation is 1. The van der Waals surface area contributed by atoms with Crippen LogP contribution in [0.2, 0.25) is 0 Å². The molecule has 110 valence electrons. The summed E-state index contributed by atoms with van der Waals surface area (Å²) in [4.78, 5) is 12.0. The Hall–Kier alpha value is -2.29. The quantitative estimate of drug-likeness (QED) is 0.810. The van der Waals surface area contributed by atoms with Crippen molar-refractivity contribution < 1.29 is 4.79 Å². The Labute approximate surface area is 126 Å². The first-order valence-corrected chi connectivity index (χ1v) is 7.35. The molecule has 0 radical (unpaired) electrons. The number of carbonyl (C=O) groups excluding carboxylic acids is 1. The van der Waals surface area contributed by atoms with Crippen LogP contribution in [0.4, 0.5) is 5.69 Å². The molecule has 0 unspecified atom stereocenters. The lowest BCUT2D eigenvalue weighted by Gasteiger charge is -2.10. The molecule has 0 aliphatic carbocycles. The average Bonchev–Trinajstić information content (AvgIpc) is 2.53. The number of hydrogen-bond donors (Lipinski definition) is 2. The van der Waals surface area contributed by atoms with Crippen molar-refractivity contribution in [3.63, 3.8) is 0 Å². The Morgan fingerprint density at radius 3 is 2.14 bits per heavy atom. The summed E-state index contributed by atoms with van der Waals surface area (Å²) in [5.74, 6) is 0.372. The zero-order valence-corrected chi connectivity index (χ0v) is 12.8. The van der Waals surface area contributed by atoms with Crippen LogP contribution in [0.25, 0.3) is 0 Å². The molecule has 0 spiro atoms. The third-order valence-electron chi connectivity index (χ3n) is 3.52. The van der Waals surface area contributed by atoms with E-state index in [1.165, 1.54) is 11.1 Å². The SMILES string of the molecule is CCc1ccc(C(=O)NNc2ccc(C(C)C)cc2)cc1. The molecule has 0 bridgehead atoms. The molecule has 0 saturated carbocycles. The van der Waals surface area contributed by atoms with Crippen LogP contribution in [-0.4, -0.2) is 5.91 Å². The molecule has 21 heavy (non-hydrogen) atoms. The third kappa shape index (κ3) is 4.09. The maximum atomic E-state index is 12.0. The zero-order chi connectivity index (χ0) is 15.2. The number of hydrazine groups is 1. The van der Waals surface area contributed by atoms with E-state index in [2.05, 4.69) is 43.8 Å². The van der Waals surface area contributed by atoms with E-state index >= 15 is 0 Å². The highest BCUT2D eigenvalue weighted by Gasteiger charge is 2.05. The summed E-state index contributed by atoms with van der Waals surface area (Å²) in [5.41, 5.74) is 9.68. The minimum absolute atomic E-state index is 0.134. The van der Waals surface area contributed by atoms with E-state index in [0.717, 1.165) is 12.1 Å². The standard InChI is InChI=1S/C18H22N2O/c1-4-14-5-7-16(8-6-14)18(21)20-19-17-11-9-15(10-12-17)13(2)3/h5-13,19H,4H2,1-3H3,(H,20,21). The Bertz CT molecular complexity index is 586. The second kappa shape index (κ2) is 6.93. The van der Waals surface area contributed by atoms with Gasteiger partial charge in [-0.3, -0.25) is 15.6 Å². The van der Waals surface area contributed by atoms with Gasteiger partial charge >= 0.3 is 0 Å². The Balaban J connectivity index is 1.93. The minimum Gasteiger partial charge on any atom is -0.298 e. The second-order valence-electron chi connectivity index (χ2n) is 5.41. The molecular weight excluding hydrogens is 260 g/mol. The van der Waals surface area contributed by atoms with Gasteiger partial charge in [0.25, 0.3) is 5.91 Å². The summed E-state index contributed by atoms with van der Waals surface area (Å²) in [5, 5.41) is 0. The Morgan fingerprint density at radius 2 is 1.62 bits per heavy atom. The van der Waals surface area contributed by atoms with Crippen molar-refractivity contribution in [2.45, 2.75) is 33.1 Å². The van der Waals surface area contributed by atoms with E-state index in [-0.39, 0.29) is 5.91 Å². The van der Waals surface area contributed by atoms with Gasteiger partial charge in [-0.1, -0.05) is 45.0 Å². The molecule has 1 amide bonds. The van der Waals surface area contributed by atoms with Crippen LogP contribution >= 0.6 is 0 Å². The van der Waals surface area contributed by atoms with Gasteiger partial charge in [0.15, 0.2) is 0 Å². The molecule has 0 heterocycles. The van der Waals surface area contributed by atoms with Crippen molar-refractivity contribution in [1.82, 2.24) is 5.43 Å². The van der Waals surface area contributed by atoms with Crippen LogP contribution in [0, 0.1) is 0 Å². The fourth-order valence-corrected chi connectivity index (χ4v) is 2.04. The monoisotopic (exact) mass is 282 g/mol. The van der Waals surface area contributed by atoms with Crippen LogP contribution < -0.4 is 10.9 Å². The lowest BCUT2D eigenvalue weighted by Crippen LogP contribution is -2.29. The van der Waals surface area contributed by atoms with Gasteiger partial charge in [0.05, 0.1) is 5.69 Å². The molecule has 0 aliphatic rings. The van der Waals surface area contributed by atoms with Gasteiger partial charge in [0, 0.05) is 5.56 Å². The maximum Gasteiger partial charge on any atom is 0.269 e. The van der Waals surface area contributed by atoms with Crippen LogP contribution in [0.1, 0.15) is 48.2 Å². The van der Waals surface area contributed by atoms with Crippen molar-refractivity contribution in [3.05, 3.63) is 65.2 Å². The van der Waals surface area contributed by atoms with Crippen molar-refractivity contribution in [2.75, 3.05) is 5.43 Å². The summed E-state index contributed by atoms with van der Waals surface area (Å²) < 4.78 is 0. The summed E-state index contributed by atoms with van der Waals surface area (Å²) in [6, 6.07) is 15.7. The van der Waals surface area contributed by atoms with E-state index in [0.29, 0.717) is 11.5 Å². The number of amides is 1. The van der Waals surface area contributed by atoms with Gasteiger partial charge in [-0.2, -0.15) is 0 Å². The number of hydrogen-bond acceptors (Lipinski definition) is 2. The fraction of sp³-hybridized carbons (Fsp3) is 0.278. The number of anilines is 1. The maximum absolute atomic E-state index is 12.0. The van der Waals surface area contributed by atoms with Crippen LogP contribution in [0.15, 0.2) is 48.5 Å². The Kier molecular flexibility index (Phi) is 4.99. The van der Waals surface area contributed by atoms with Crippen molar-refractivity contribution in [2.24, 2.45) is 0 Å². The molecule has 0 aromatic heterocycles. The second-order valence-corrected chi connectivity index (χ2v) is 5.41. The number of rotatable bonds is 5. The van der Waals surface area contributed by atoms with E-state index in [4.69, 9.17) is 0 Å². The van der Waals surface area contributed by atoms with Crippen molar-refractivity contribution >= 4 is 11.6 Å². The molecule has 0 atom stereocenters. The number of nitrogens with one attached hydrogen (secondary N) is 2. The van der Waals surface area contributed by atoms with Crippen LogP contribution in [-0.2, 0) is 6.42 Å². The van der Waals surface area contributed by atoms with Gasteiger partial charge in [0.1, 0.15) is 0 Å². The largest absolute Gasteiger partial charge is 0.298 e. The van der Waals surface area contributed by atoms with Gasteiger partial charge in [-0.15, -0.1) is 0 Å². The number of benzene rings is 2. The average molecular weight is 282 g/mol. The summed E-state index contributed by atoms with van der Waals surface area (Å²) in [6.07, 6.45) is 0.975. The van der Waals surface area contributed by atoms with Gasteiger partial charge in [0.2, 0.25) is 0 Å². The molecule has 2 aromatic rings. The summed E-state index contributed by atoms with van der Waals surface area (Å²) in [7, 11) is 0. The van der Waals surface area contributed by atoms with Crippen molar-refractivity contribution in [1.29, 1.82) is 0 Å². The van der Waals surface area contributed by atoms with Crippen LogP contribution in [0.3, 0.4) is 0 Å². The fourth-order valence-electron chi connectivity index (χ4n) is 2.04. The predicted molar refractivity (Wildman–Crippen MR) is 87.4 cm³/mol. The lowest BCUT2D eigenvalue weighted by molar-refractivity contribution is 0.0962. The van der Waals surface area contributed by atoms with Gasteiger partial charge < -0.3 is 0 Å². The van der Waals surface area contributed by atoms with Crippen LogP contribution in [0.5, 0.6) is 0 Å². The molecule has 2 rings (SSSR count). The summed E-state index contributed by atoms with van der Waals surface area (Å²) >= 11 is 0. The first-order chi connectivity index (χ1) is 10.1. The molecule has 0 saturated heterocycles. The highest BCUT2D eigenvalue weighted by atomic mass is 16.2. The van der Waals surface area contributed by atoms with Gasteiger partial charge in [-0.05, 0) is 47.7 Å². The minimum atomic E-state index is -0.134. The summed E-state index contributed by atoms with van der Waals surface area (Å²) in [6.45, 7) is 6.41. The third-order valence-corrected chi connectivity index (χ3v) is 3.52. The van der Waals surface area contributed by atoms with E-state index in [9.17, 15) is 4.79 Å². The van der Waals surface area contributed by atoms with Crippen molar-refractivity contribution in [3.8, 4) is 0 Å². The number of carbonyl (C=O) groups is 1. The molecule has 3 nitrogen and oxygen atoms in total. The highest BCUT2D eigenvalue weighted by Crippen LogP contribution is 2.16. The van der Waals surface area contributed by atoms with Gasteiger partial charge in [-0.25, -0.2) is 0 Å². The normalized spacial score (nSPS) is 10.5.